The first-order valence-electron chi connectivity index (χ1n) is 15.3. The molecule has 7 aromatic carbocycles. The van der Waals surface area contributed by atoms with Crippen LogP contribution in [-0.4, -0.2) is 0 Å². The van der Waals surface area contributed by atoms with Crippen molar-refractivity contribution in [2.24, 2.45) is 0 Å². The molecule has 0 aliphatic rings. The van der Waals surface area contributed by atoms with E-state index in [1.54, 1.807) is 0 Å². The van der Waals surface area contributed by atoms with Crippen molar-refractivity contribution in [2.45, 2.75) is 6.92 Å². The fourth-order valence-corrected chi connectivity index (χ4v) is 7.34. The number of rotatable bonds is 6. The van der Waals surface area contributed by atoms with E-state index in [0.29, 0.717) is 0 Å². The minimum Gasteiger partial charge on any atom is -0.311 e. The smallest absolute Gasteiger partial charge is 0.0462 e. The van der Waals surface area contributed by atoms with Gasteiger partial charge in [-0.1, -0.05) is 121 Å². The van der Waals surface area contributed by atoms with E-state index in [9.17, 15) is 0 Å². The maximum Gasteiger partial charge on any atom is 0.0462 e. The van der Waals surface area contributed by atoms with Gasteiger partial charge >= 0.3 is 0 Å². The zero-order valence-corrected chi connectivity index (χ0v) is 25.8. The molecule has 214 valence electrons. The molecule has 0 aliphatic heterocycles. The zero-order chi connectivity index (χ0) is 30.2. The number of thiophene rings is 1. The Morgan fingerprint density at radius 2 is 0.867 bits per heavy atom. The Labute approximate surface area is 268 Å². The van der Waals surface area contributed by atoms with Gasteiger partial charge in [0.05, 0.1) is 0 Å². The second-order valence-corrected chi connectivity index (χ2v) is 12.6. The van der Waals surface area contributed by atoms with Crippen LogP contribution in [0.3, 0.4) is 0 Å². The monoisotopic (exact) mass is 593 g/mol. The number of hydrogen-bond donors (Lipinski definition) is 0. The summed E-state index contributed by atoms with van der Waals surface area (Å²) < 4.78 is 0. The highest BCUT2D eigenvalue weighted by Gasteiger charge is 2.15. The van der Waals surface area contributed by atoms with Crippen LogP contribution in [0.25, 0.3) is 53.6 Å². The van der Waals surface area contributed by atoms with Crippen molar-refractivity contribution >= 4 is 49.9 Å². The van der Waals surface area contributed by atoms with Crippen molar-refractivity contribution < 1.29 is 0 Å². The first-order chi connectivity index (χ1) is 22.2. The number of fused-ring (bicyclic) bond motifs is 2. The normalized spacial score (nSPS) is 11.2. The Morgan fingerprint density at radius 1 is 0.400 bits per heavy atom. The van der Waals surface area contributed by atoms with Crippen molar-refractivity contribution in [3.8, 4) is 32.0 Å². The molecule has 2 heteroatoms. The quantitative estimate of drug-likeness (QED) is 0.173. The Hall–Kier alpha value is -5.44. The van der Waals surface area contributed by atoms with Crippen molar-refractivity contribution in [3.05, 3.63) is 175 Å². The molecule has 0 saturated carbocycles. The molecule has 8 aromatic rings. The molecule has 0 fully saturated rings. The van der Waals surface area contributed by atoms with Crippen LogP contribution in [0, 0.1) is 6.92 Å². The topological polar surface area (TPSA) is 3.24 Å². The summed E-state index contributed by atoms with van der Waals surface area (Å²) >= 11 is 1.86. The molecule has 0 saturated heterocycles. The summed E-state index contributed by atoms with van der Waals surface area (Å²) in [7, 11) is 0. The summed E-state index contributed by atoms with van der Waals surface area (Å²) in [5.74, 6) is 0. The summed E-state index contributed by atoms with van der Waals surface area (Å²) in [5.41, 5.74) is 9.64. The average Bonchev–Trinajstić information content (AvgIpc) is 3.59. The van der Waals surface area contributed by atoms with Crippen LogP contribution in [0.15, 0.2) is 170 Å². The molecule has 0 bridgehead atoms. The van der Waals surface area contributed by atoms with Crippen LogP contribution >= 0.6 is 11.3 Å². The maximum absolute atomic E-state index is 2.33. The fraction of sp³-hybridized carbons (Fsp3) is 0.0233. The zero-order valence-electron chi connectivity index (χ0n) is 25.0. The molecule has 1 aromatic heterocycles. The van der Waals surface area contributed by atoms with Crippen molar-refractivity contribution in [3.63, 3.8) is 0 Å². The summed E-state index contributed by atoms with van der Waals surface area (Å²) in [4.78, 5) is 4.89. The van der Waals surface area contributed by atoms with Crippen LogP contribution in [0.1, 0.15) is 5.56 Å². The molecule has 0 unspecified atom stereocenters. The van der Waals surface area contributed by atoms with Gasteiger partial charge in [-0.3, -0.25) is 0 Å². The van der Waals surface area contributed by atoms with E-state index < -0.39 is 0 Å². The molecule has 8 rings (SSSR count). The Balaban J connectivity index is 1.16. The van der Waals surface area contributed by atoms with Crippen LogP contribution in [0.4, 0.5) is 17.1 Å². The van der Waals surface area contributed by atoms with Gasteiger partial charge in [0.25, 0.3) is 0 Å². The van der Waals surface area contributed by atoms with Gasteiger partial charge in [0.15, 0.2) is 0 Å². The second kappa shape index (κ2) is 11.6. The Kier molecular flexibility index (Phi) is 6.98. The lowest BCUT2D eigenvalue weighted by Gasteiger charge is -2.26. The minimum atomic E-state index is 1.13. The van der Waals surface area contributed by atoms with E-state index in [1.165, 1.54) is 59.1 Å². The van der Waals surface area contributed by atoms with Crippen LogP contribution < -0.4 is 4.90 Å². The number of anilines is 3. The van der Waals surface area contributed by atoms with Gasteiger partial charge in [0, 0.05) is 32.4 Å². The van der Waals surface area contributed by atoms with Gasteiger partial charge in [-0.25, -0.2) is 0 Å². The summed E-state index contributed by atoms with van der Waals surface area (Å²) in [6.45, 7) is 2.13. The van der Waals surface area contributed by atoms with E-state index in [2.05, 4.69) is 182 Å². The average molecular weight is 594 g/mol. The highest BCUT2D eigenvalue weighted by atomic mass is 32.1. The van der Waals surface area contributed by atoms with Crippen molar-refractivity contribution in [1.29, 1.82) is 0 Å². The van der Waals surface area contributed by atoms with E-state index in [0.717, 1.165) is 17.1 Å². The molecule has 0 spiro atoms. The number of nitrogens with zero attached hydrogens (tertiary/aromatic N) is 1. The lowest BCUT2D eigenvalue weighted by molar-refractivity contribution is 1.28. The standard InChI is InChI=1S/C43H31NS/c1-30-15-21-36(22-16-30)44(37-23-17-32(18-24-37)31-9-3-2-4-10-31)38-25-19-33(20-26-38)41-27-28-42(45-41)43-39-13-7-5-11-34(39)29-35-12-6-8-14-40(35)43/h2-29H,1H3. The highest BCUT2D eigenvalue weighted by molar-refractivity contribution is 7.19. The summed E-state index contributed by atoms with van der Waals surface area (Å²) in [6.07, 6.45) is 0. The first-order valence-corrected chi connectivity index (χ1v) is 16.2. The molecule has 1 heterocycles. The molecule has 0 N–H and O–H groups in total. The molecule has 0 atom stereocenters. The van der Waals surface area contributed by atoms with Gasteiger partial charge in [0.1, 0.15) is 0 Å². The number of aryl methyl sites for hydroxylation is 1. The fourth-order valence-electron chi connectivity index (χ4n) is 6.26. The third-order valence-electron chi connectivity index (χ3n) is 8.56. The Bertz CT molecular complexity index is 2190. The molecule has 45 heavy (non-hydrogen) atoms. The lowest BCUT2D eigenvalue weighted by Crippen LogP contribution is -2.09. The molecular weight excluding hydrogens is 563 g/mol. The van der Waals surface area contributed by atoms with Gasteiger partial charge in [0.2, 0.25) is 0 Å². The van der Waals surface area contributed by atoms with Gasteiger partial charge in [-0.05, 0) is 99.8 Å². The molecule has 0 amide bonds. The lowest BCUT2D eigenvalue weighted by atomic mass is 9.96. The maximum atomic E-state index is 2.33. The van der Waals surface area contributed by atoms with Crippen LogP contribution in [-0.2, 0) is 0 Å². The van der Waals surface area contributed by atoms with Crippen molar-refractivity contribution in [2.75, 3.05) is 4.90 Å². The first kappa shape index (κ1) is 27.1. The van der Waals surface area contributed by atoms with E-state index in [4.69, 9.17) is 0 Å². The SMILES string of the molecule is Cc1ccc(N(c2ccc(-c3ccccc3)cc2)c2ccc(-c3ccc(-c4c5ccccc5cc5ccccc45)s3)cc2)cc1. The van der Waals surface area contributed by atoms with Gasteiger partial charge in [-0.15, -0.1) is 11.3 Å². The van der Waals surface area contributed by atoms with E-state index in [-0.39, 0.29) is 0 Å². The van der Waals surface area contributed by atoms with Gasteiger partial charge in [-0.2, -0.15) is 0 Å². The minimum absolute atomic E-state index is 1.13. The molecular formula is C43H31NS. The number of hydrogen-bond acceptors (Lipinski definition) is 2. The van der Waals surface area contributed by atoms with Crippen molar-refractivity contribution in [1.82, 2.24) is 0 Å². The molecule has 1 nitrogen and oxygen atoms in total. The van der Waals surface area contributed by atoms with E-state index in [1.807, 2.05) is 11.3 Å². The predicted molar refractivity (Wildman–Crippen MR) is 195 cm³/mol. The number of benzene rings is 7. The summed E-state index contributed by atoms with van der Waals surface area (Å²) in [5, 5.41) is 5.15. The molecule has 0 aliphatic carbocycles. The highest BCUT2D eigenvalue weighted by Crippen LogP contribution is 2.43. The predicted octanol–water partition coefficient (Wildman–Crippen LogP) is 12.8. The Morgan fingerprint density at radius 3 is 1.47 bits per heavy atom. The van der Waals surface area contributed by atoms with Crippen LogP contribution in [0.2, 0.25) is 0 Å². The third kappa shape index (κ3) is 5.20. The third-order valence-corrected chi connectivity index (χ3v) is 9.71. The van der Waals surface area contributed by atoms with Gasteiger partial charge < -0.3 is 4.90 Å². The summed E-state index contributed by atoms with van der Waals surface area (Å²) in [6, 6.07) is 61.5. The molecule has 0 radical (unpaired) electrons. The second-order valence-electron chi connectivity index (χ2n) is 11.5. The van der Waals surface area contributed by atoms with E-state index >= 15 is 0 Å². The largest absolute Gasteiger partial charge is 0.311 e. The van der Waals surface area contributed by atoms with Crippen LogP contribution in [0.5, 0.6) is 0 Å².